The Balaban J connectivity index is 1.38. The number of ether oxygens (including phenoxy) is 1. The van der Waals surface area contributed by atoms with Crippen LogP contribution >= 0.6 is 0 Å². The van der Waals surface area contributed by atoms with Crippen molar-refractivity contribution >= 4 is 17.5 Å². The highest BCUT2D eigenvalue weighted by Gasteiger charge is 2.51. The smallest absolute Gasteiger partial charge is 0.253 e. The number of hydrogen-bond donors (Lipinski definition) is 0. The number of amides is 2. The zero-order valence-corrected chi connectivity index (χ0v) is 18.0. The summed E-state index contributed by atoms with van der Waals surface area (Å²) in [5, 5.41) is 0. The summed E-state index contributed by atoms with van der Waals surface area (Å²) in [7, 11) is 0. The first-order valence-corrected chi connectivity index (χ1v) is 11.5. The van der Waals surface area contributed by atoms with Crippen molar-refractivity contribution in [2.45, 2.75) is 49.5 Å². The Kier molecular flexibility index (Phi) is 5.30. The molecule has 0 bridgehead atoms. The molecule has 2 amide bonds. The number of carbonyl (C=O) groups excluding carboxylic acids is 2. The fourth-order valence-corrected chi connectivity index (χ4v) is 5.66. The van der Waals surface area contributed by atoms with Gasteiger partial charge in [-0.1, -0.05) is 67.8 Å². The molecule has 5 rings (SSSR count). The number of morpholine rings is 1. The molecule has 1 saturated carbocycles. The Morgan fingerprint density at radius 2 is 1.52 bits per heavy atom. The van der Waals surface area contributed by atoms with Gasteiger partial charge in [-0.3, -0.25) is 9.59 Å². The van der Waals surface area contributed by atoms with E-state index in [9.17, 15) is 9.59 Å². The van der Waals surface area contributed by atoms with Gasteiger partial charge < -0.3 is 14.5 Å². The van der Waals surface area contributed by atoms with Crippen LogP contribution in [-0.2, 0) is 19.7 Å². The predicted octanol–water partition coefficient (Wildman–Crippen LogP) is 3.92. The Hall–Kier alpha value is -2.66. The highest BCUT2D eigenvalue weighted by molar-refractivity contribution is 5.95. The standard InChI is InChI=1S/C26H30N2O3/c29-23-18-31-25(20-28(23)22-12-6-2-7-13-22)16-17-27(19-25)24(30)26(14-8-3-9-15-26)21-10-4-1-5-11-21/h1-2,4-7,10-13H,3,8-9,14-20H2/t25-/m1/s1. The SMILES string of the molecule is O=C1CO[C@@]2(CCN(C(=O)C3(c4ccccc4)CCCCC3)C2)CN1c1ccccc1. The lowest BCUT2D eigenvalue weighted by atomic mass is 9.68. The number of hydrogen-bond acceptors (Lipinski definition) is 3. The molecular weight excluding hydrogens is 388 g/mol. The van der Waals surface area contributed by atoms with Crippen LogP contribution in [0.4, 0.5) is 5.69 Å². The van der Waals surface area contributed by atoms with Gasteiger partial charge in [0.15, 0.2) is 0 Å². The van der Waals surface area contributed by atoms with Crippen molar-refractivity contribution < 1.29 is 14.3 Å². The average molecular weight is 419 g/mol. The van der Waals surface area contributed by atoms with Gasteiger partial charge in [0.25, 0.3) is 5.91 Å². The summed E-state index contributed by atoms with van der Waals surface area (Å²) in [4.78, 5) is 30.3. The van der Waals surface area contributed by atoms with Gasteiger partial charge in [-0.05, 0) is 37.0 Å². The summed E-state index contributed by atoms with van der Waals surface area (Å²) >= 11 is 0. The van der Waals surface area contributed by atoms with Crippen LogP contribution in [-0.4, -0.2) is 48.6 Å². The van der Waals surface area contributed by atoms with Crippen molar-refractivity contribution in [1.82, 2.24) is 4.90 Å². The van der Waals surface area contributed by atoms with Crippen LogP contribution in [0.1, 0.15) is 44.1 Å². The summed E-state index contributed by atoms with van der Waals surface area (Å²) in [5.74, 6) is 0.219. The van der Waals surface area contributed by atoms with E-state index in [1.54, 1.807) is 0 Å². The normalized spacial score (nSPS) is 25.7. The number of carbonyl (C=O) groups is 2. The number of para-hydroxylation sites is 1. The molecule has 1 aliphatic carbocycles. The van der Waals surface area contributed by atoms with Crippen LogP contribution in [0.3, 0.4) is 0 Å². The minimum absolute atomic E-state index is 0.0189. The molecule has 2 heterocycles. The summed E-state index contributed by atoms with van der Waals surface area (Å²) in [5.41, 5.74) is 1.14. The highest BCUT2D eigenvalue weighted by Crippen LogP contribution is 2.43. The fraction of sp³-hybridized carbons (Fsp3) is 0.462. The first kappa shape index (κ1) is 20.3. The van der Waals surface area contributed by atoms with Crippen molar-refractivity contribution in [3.05, 3.63) is 66.2 Å². The maximum atomic E-state index is 14.0. The van der Waals surface area contributed by atoms with E-state index in [0.717, 1.165) is 43.4 Å². The van der Waals surface area contributed by atoms with Crippen molar-refractivity contribution in [1.29, 1.82) is 0 Å². The second-order valence-electron chi connectivity index (χ2n) is 9.27. The minimum atomic E-state index is -0.480. The maximum Gasteiger partial charge on any atom is 0.253 e. The topological polar surface area (TPSA) is 49.9 Å². The molecule has 1 spiro atoms. The Morgan fingerprint density at radius 1 is 0.839 bits per heavy atom. The third kappa shape index (κ3) is 3.65. The molecule has 0 unspecified atom stereocenters. The number of rotatable bonds is 3. The third-order valence-electron chi connectivity index (χ3n) is 7.36. The van der Waals surface area contributed by atoms with Gasteiger partial charge in [-0.15, -0.1) is 0 Å². The van der Waals surface area contributed by atoms with Crippen molar-refractivity contribution in [2.75, 3.05) is 31.1 Å². The van der Waals surface area contributed by atoms with E-state index < -0.39 is 11.0 Å². The van der Waals surface area contributed by atoms with Gasteiger partial charge >= 0.3 is 0 Å². The molecule has 3 fully saturated rings. The molecule has 2 aromatic rings. The molecular formula is C26H30N2O3. The average Bonchev–Trinajstić information content (AvgIpc) is 3.25. The fourth-order valence-electron chi connectivity index (χ4n) is 5.66. The molecule has 2 saturated heterocycles. The van der Waals surface area contributed by atoms with Crippen LogP contribution in [0.25, 0.3) is 0 Å². The Bertz CT molecular complexity index is 940. The van der Waals surface area contributed by atoms with Gasteiger partial charge in [-0.2, -0.15) is 0 Å². The number of benzene rings is 2. The van der Waals surface area contributed by atoms with E-state index in [0.29, 0.717) is 19.6 Å². The van der Waals surface area contributed by atoms with E-state index in [2.05, 4.69) is 12.1 Å². The van der Waals surface area contributed by atoms with Crippen LogP contribution in [0.5, 0.6) is 0 Å². The van der Waals surface area contributed by atoms with Gasteiger partial charge in [0.1, 0.15) is 12.2 Å². The second kappa shape index (κ2) is 8.12. The van der Waals surface area contributed by atoms with E-state index in [-0.39, 0.29) is 18.4 Å². The lowest BCUT2D eigenvalue weighted by Gasteiger charge is -2.42. The largest absolute Gasteiger partial charge is 0.361 e. The zero-order chi connectivity index (χ0) is 21.3. The van der Waals surface area contributed by atoms with Gasteiger partial charge in [0.05, 0.1) is 18.5 Å². The number of nitrogens with zero attached hydrogens (tertiary/aromatic N) is 2. The molecule has 3 aliphatic rings. The lowest BCUT2D eigenvalue weighted by Crippen LogP contribution is -2.57. The first-order valence-electron chi connectivity index (χ1n) is 11.5. The third-order valence-corrected chi connectivity index (χ3v) is 7.36. The molecule has 2 aliphatic heterocycles. The van der Waals surface area contributed by atoms with Gasteiger partial charge in [-0.25, -0.2) is 0 Å². The lowest BCUT2D eigenvalue weighted by molar-refractivity contribution is -0.142. The van der Waals surface area contributed by atoms with Crippen LogP contribution in [0.15, 0.2) is 60.7 Å². The van der Waals surface area contributed by atoms with E-state index in [4.69, 9.17) is 4.74 Å². The van der Waals surface area contributed by atoms with Crippen LogP contribution < -0.4 is 4.90 Å². The van der Waals surface area contributed by atoms with E-state index in [1.165, 1.54) is 6.42 Å². The molecule has 5 nitrogen and oxygen atoms in total. The zero-order valence-electron chi connectivity index (χ0n) is 18.0. The summed E-state index contributed by atoms with van der Waals surface area (Å²) in [6, 6.07) is 20.1. The monoisotopic (exact) mass is 418 g/mol. The quantitative estimate of drug-likeness (QED) is 0.759. The van der Waals surface area contributed by atoms with Crippen molar-refractivity contribution in [3.63, 3.8) is 0 Å². The molecule has 0 radical (unpaired) electrons. The molecule has 2 aromatic carbocycles. The van der Waals surface area contributed by atoms with E-state index in [1.807, 2.05) is 58.3 Å². The highest BCUT2D eigenvalue weighted by atomic mass is 16.5. The second-order valence-corrected chi connectivity index (χ2v) is 9.27. The molecule has 1 atom stereocenters. The predicted molar refractivity (Wildman–Crippen MR) is 120 cm³/mol. The number of anilines is 1. The van der Waals surface area contributed by atoms with Crippen molar-refractivity contribution in [2.24, 2.45) is 0 Å². The Morgan fingerprint density at radius 3 is 2.23 bits per heavy atom. The van der Waals surface area contributed by atoms with E-state index >= 15 is 0 Å². The van der Waals surface area contributed by atoms with Gasteiger partial charge in [0.2, 0.25) is 5.91 Å². The maximum absolute atomic E-state index is 14.0. The van der Waals surface area contributed by atoms with Gasteiger partial charge in [0, 0.05) is 12.2 Å². The summed E-state index contributed by atoms with van der Waals surface area (Å²) in [6.07, 6.45) is 5.96. The molecule has 0 aromatic heterocycles. The summed E-state index contributed by atoms with van der Waals surface area (Å²) in [6.45, 7) is 1.81. The summed E-state index contributed by atoms with van der Waals surface area (Å²) < 4.78 is 6.11. The minimum Gasteiger partial charge on any atom is -0.361 e. The van der Waals surface area contributed by atoms with Crippen LogP contribution in [0.2, 0.25) is 0 Å². The molecule has 5 heteroatoms. The molecule has 162 valence electrons. The molecule has 0 N–H and O–H groups in total. The Labute approximate surface area is 184 Å². The number of likely N-dealkylation sites (tertiary alicyclic amines) is 1. The first-order chi connectivity index (χ1) is 15.1. The van der Waals surface area contributed by atoms with Crippen molar-refractivity contribution in [3.8, 4) is 0 Å². The molecule has 31 heavy (non-hydrogen) atoms. The van der Waals surface area contributed by atoms with Crippen LogP contribution in [0, 0.1) is 0 Å².